The lowest BCUT2D eigenvalue weighted by molar-refractivity contribution is -0.121. The van der Waals surface area contributed by atoms with E-state index in [0.717, 1.165) is 12.1 Å². The van der Waals surface area contributed by atoms with Crippen LogP contribution in [-0.2, 0) is 14.6 Å². The molecular formula is C12H17NO6S. The first-order valence-electron chi connectivity index (χ1n) is 5.84. The number of carbonyl (C=O) groups is 2. The van der Waals surface area contributed by atoms with E-state index in [1.165, 1.54) is 6.92 Å². The Balaban J connectivity index is 3.03. The van der Waals surface area contributed by atoms with Gasteiger partial charge >= 0.3 is 5.97 Å². The van der Waals surface area contributed by atoms with Crippen LogP contribution in [0.3, 0.4) is 0 Å². The summed E-state index contributed by atoms with van der Waals surface area (Å²) in [7, 11) is -4.07. The van der Waals surface area contributed by atoms with Gasteiger partial charge in [-0.2, -0.15) is 0 Å². The lowest BCUT2D eigenvalue weighted by Gasteiger charge is -2.22. The van der Waals surface area contributed by atoms with Crippen LogP contribution in [0, 0.1) is 0 Å². The zero-order valence-electron chi connectivity index (χ0n) is 11.6. The monoisotopic (exact) mass is 303 g/mol. The number of carbonyl (C=O) groups excluding carboxylic acids is 1. The van der Waals surface area contributed by atoms with Gasteiger partial charge in [-0.15, -0.1) is 0 Å². The number of sulfone groups is 1. The van der Waals surface area contributed by atoms with Crippen LogP contribution in [0.1, 0.15) is 38.2 Å². The molecule has 0 aliphatic carbocycles. The van der Waals surface area contributed by atoms with E-state index in [2.05, 4.69) is 5.32 Å². The number of amides is 1. The predicted octanol–water partition coefficient (Wildman–Crippen LogP) is 1.05. The first-order valence-corrected chi connectivity index (χ1v) is 7.39. The smallest absolute Gasteiger partial charge is 0.371 e. The second-order valence-electron chi connectivity index (χ2n) is 5.35. The number of aromatic carboxylic acids is 1. The van der Waals surface area contributed by atoms with Gasteiger partial charge in [-0.3, -0.25) is 4.79 Å². The van der Waals surface area contributed by atoms with Gasteiger partial charge in [0.05, 0.1) is 0 Å². The van der Waals surface area contributed by atoms with Crippen LogP contribution in [0.5, 0.6) is 0 Å². The van der Waals surface area contributed by atoms with Gasteiger partial charge in [-0.05, 0) is 39.8 Å². The minimum Gasteiger partial charge on any atom is -0.475 e. The van der Waals surface area contributed by atoms with Crippen molar-refractivity contribution in [3.8, 4) is 0 Å². The van der Waals surface area contributed by atoms with E-state index in [1.807, 2.05) is 0 Å². The van der Waals surface area contributed by atoms with E-state index in [0.29, 0.717) is 0 Å². The zero-order chi connectivity index (χ0) is 15.7. The Morgan fingerprint density at radius 3 is 2.25 bits per heavy atom. The van der Waals surface area contributed by atoms with Gasteiger partial charge in [-0.1, -0.05) is 0 Å². The molecule has 0 bridgehead atoms. The van der Waals surface area contributed by atoms with Gasteiger partial charge < -0.3 is 14.8 Å². The molecule has 0 fully saturated rings. The summed E-state index contributed by atoms with van der Waals surface area (Å²) in [5.41, 5.74) is -0.573. The molecule has 112 valence electrons. The Bertz CT molecular complexity index is 623. The first kappa shape index (κ1) is 16.2. The van der Waals surface area contributed by atoms with Gasteiger partial charge in [0.1, 0.15) is 5.25 Å². The molecule has 20 heavy (non-hydrogen) atoms. The van der Waals surface area contributed by atoms with Gasteiger partial charge in [-0.25, -0.2) is 13.2 Å². The van der Waals surface area contributed by atoms with E-state index in [9.17, 15) is 18.0 Å². The molecule has 0 aliphatic rings. The van der Waals surface area contributed by atoms with Crippen molar-refractivity contribution in [1.82, 2.24) is 5.32 Å². The molecule has 0 saturated heterocycles. The van der Waals surface area contributed by atoms with E-state index < -0.39 is 43.4 Å². The lowest BCUT2D eigenvalue weighted by atomic mass is 10.1. The quantitative estimate of drug-likeness (QED) is 0.859. The largest absolute Gasteiger partial charge is 0.475 e. The summed E-state index contributed by atoms with van der Waals surface area (Å²) in [5.74, 6) is -2.55. The SMILES string of the molecule is CC(C(=O)NC(C)(C)C)S(=O)(=O)c1ccc(C(=O)O)o1. The topological polar surface area (TPSA) is 114 Å². The molecule has 1 rings (SSSR count). The molecule has 1 atom stereocenters. The third kappa shape index (κ3) is 3.60. The number of hydrogen-bond acceptors (Lipinski definition) is 5. The summed E-state index contributed by atoms with van der Waals surface area (Å²) >= 11 is 0. The average Bonchev–Trinajstić information content (AvgIpc) is 2.75. The van der Waals surface area contributed by atoms with E-state index in [1.54, 1.807) is 20.8 Å². The Kier molecular flexibility index (Phi) is 4.28. The minimum atomic E-state index is -4.07. The van der Waals surface area contributed by atoms with Crippen molar-refractivity contribution in [2.45, 2.75) is 43.6 Å². The average molecular weight is 303 g/mol. The summed E-state index contributed by atoms with van der Waals surface area (Å²) in [4.78, 5) is 22.5. The molecule has 1 heterocycles. The van der Waals surface area contributed by atoms with Crippen molar-refractivity contribution >= 4 is 21.7 Å². The molecule has 7 nitrogen and oxygen atoms in total. The van der Waals surface area contributed by atoms with E-state index >= 15 is 0 Å². The van der Waals surface area contributed by atoms with Crippen LogP contribution in [-0.4, -0.2) is 36.2 Å². The lowest BCUT2D eigenvalue weighted by Crippen LogP contribution is -2.47. The van der Waals surface area contributed by atoms with Crippen molar-refractivity contribution < 1.29 is 27.5 Å². The minimum absolute atomic E-state index is 0.494. The Labute approximate surface area is 116 Å². The predicted molar refractivity (Wildman–Crippen MR) is 70.2 cm³/mol. The van der Waals surface area contributed by atoms with Crippen molar-refractivity contribution in [3.05, 3.63) is 17.9 Å². The normalized spacial score (nSPS) is 13.8. The van der Waals surface area contributed by atoms with Crippen molar-refractivity contribution in [3.63, 3.8) is 0 Å². The molecule has 0 radical (unpaired) electrons. The summed E-state index contributed by atoms with van der Waals surface area (Å²) < 4.78 is 29.0. The maximum Gasteiger partial charge on any atom is 0.371 e. The molecular weight excluding hydrogens is 286 g/mol. The molecule has 1 unspecified atom stereocenters. The van der Waals surface area contributed by atoms with Crippen LogP contribution in [0.15, 0.2) is 21.6 Å². The number of furan rings is 1. The Hall–Kier alpha value is -1.83. The van der Waals surface area contributed by atoms with Gasteiger partial charge in [0.2, 0.25) is 26.6 Å². The van der Waals surface area contributed by atoms with Crippen molar-refractivity contribution in [1.29, 1.82) is 0 Å². The number of nitrogens with one attached hydrogen (secondary N) is 1. The van der Waals surface area contributed by atoms with Crippen LogP contribution in [0.4, 0.5) is 0 Å². The van der Waals surface area contributed by atoms with E-state index in [-0.39, 0.29) is 0 Å². The zero-order valence-corrected chi connectivity index (χ0v) is 12.4. The van der Waals surface area contributed by atoms with Crippen molar-refractivity contribution in [2.24, 2.45) is 0 Å². The van der Waals surface area contributed by atoms with Gasteiger partial charge in [0, 0.05) is 5.54 Å². The highest BCUT2D eigenvalue weighted by Gasteiger charge is 2.34. The van der Waals surface area contributed by atoms with Crippen LogP contribution >= 0.6 is 0 Å². The van der Waals surface area contributed by atoms with Crippen molar-refractivity contribution in [2.75, 3.05) is 0 Å². The third-order valence-corrected chi connectivity index (χ3v) is 4.33. The molecule has 1 aromatic heterocycles. The molecule has 1 amide bonds. The first-order chi connectivity index (χ1) is 8.95. The fourth-order valence-corrected chi connectivity index (χ4v) is 2.53. The molecule has 0 aromatic carbocycles. The summed E-state index contributed by atoms with van der Waals surface area (Å²) in [5, 5.41) is 9.33. The van der Waals surface area contributed by atoms with E-state index in [4.69, 9.17) is 9.52 Å². The fourth-order valence-electron chi connectivity index (χ4n) is 1.37. The summed E-state index contributed by atoms with van der Waals surface area (Å²) in [6.07, 6.45) is 0. The molecule has 8 heteroatoms. The molecule has 0 spiro atoms. The maximum atomic E-state index is 12.1. The molecule has 0 saturated carbocycles. The molecule has 1 aromatic rings. The van der Waals surface area contributed by atoms with Crippen LogP contribution in [0.25, 0.3) is 0 Å². The maximum absolute atomic E-state index is 12.1. The highest BCUT2D eigenvalue weighted by molar-refractivity contribution is 7.92. The Morgan fingerprint density at radius 2 is 1.85 bits per heavy atom. The second-order valence-corrected chi connectivity index (χ2v) is 7.55. The molecule has 0 aliphatic heterocycles. The highest BCUT2D eigenvalue weighted by Crippen LogP contribution is 2.20. The number of rotatable bonds is 4. The fraction of sp³-hybridized carbons (Fsp3) is 0.500. The van der Waals surface area contributed by atoms with Crippen LogP contribution in [0.2, 0.25) is 0 Å². The summed E-state index contributed by atoms with van der Waals surface area (Å²) in [6, 6.07) is 2.06. The summed E-state index contributed by atoms with van der Waals surface area (Å²) in [6.45, 7) is 6.39. The standard InChI is InChI=1S/C12H17NO6S/c1-7(10(14)13-12(2,3)4)20(17,18)9-6-5-8(19-9)11(15)16/h5-7H,1-4H3,(H,13,14)(H,15,16). The third-order valence-electron chi connectivity index (χ3n) is 2.41. The number of carboxylic acids is 1. The highest BCUT2D eigenvalue weighted by atomic mass is 32.2. The Morgan fingerprint density at radius 1 is 1.30 bits per heavy atom. The molecule has 2 N–H and O–H groups in total. The number of carboxylic acid groups (broad SMARTS) is 1. The number of hydrogen-bond donors (Lipinski definition) is 2. The van der Waals surface area contributed by atoms with Gasteiger partial charge in [0.15, 0.2) is 0 Å². The second kappa shape index (κ2) is 5.28. The van der Waals surface area contributed by atoms with Crippen LogP contribution < -0.4 is 5.32 Å². The van der Waals surface area contributed by atoms with Gasteiger partial charge in [0.25, 0.3) is 0 Å².